The average Bonchev–Trinajstić information content (AvgIpc) is 2.51. The topological polar surface area (TPSA) is 91.0 Å². The fraction of sp³-hybridized carbons (Fsp3) is 0.800. The molecule has 23 heavy (non-hydrogen) atoms. The first-order chi connectivity index (χ1) is 10.8. The standard InChI is InChI=1S/C15H24N4O4/c1-15(2)8-23-5-4-19(15)13(21)9-6-10-11(16-7-9)18(3)14(22)17-12(10)20/h9-11,16H,4-8H2,1-3H3,(H,17,20,22). The van der Waals surface area contributed by atoms with Crippen molar-refractivity contribution in [2.45, 2.75) is 32.0 Å². The van der Waals surface area contributed by atoms with E-state index >= 15 is 0 Å². The minimum Gasteiger partial charge on any atom is -0.377 e. The number of amides is 4. The summed E-state index contributed by atoms with van der Waals surface area (Å²) >= 11 is 0. The second kappa shape index (κ2) is 5.76. The second-order valence-electron chi connectivity index (χ2n) is 7.15. The maximum atomic E-state index is 12.9. The Morgan fingerprint density at radius 2 is 2.09 bits per heavy atom. The number of imide groups is 1. The first-order valence-electron chi connectivity index (χ1n) is 8.01. The summed E-state index contributed by atoms with van der Waals surface area (Å²) in [5.41, 5.74) is -0.340. The lowest BCUT2D eigenvalue weighted by molar-refractivity contribution is -0.153. The third-order valence-corrected chi connectivity index (χ3v) is 5.06. The van der Waals surface area contributed by atoms with Crippen LogP contribution in [-0.2, 0) is 14.3 Å². The molecule has 8 heteroatoms. The number of hydrogen-bond donors (Lipinski definition) is 2. The Morgan fingerprint density at radius 3 is 2.78 bits per heavy atom. The Bertz CT molecular complexity index is 536. The lowest BCUT2D eigenvalue weighted by Crippen LogP contribution is -2.68. The van der Waals surface area contributed by atoms with Gasteiger partial charge in [0.2, 0.25) is 11.8 Å². The van der Waals surface area contributed by atoms with Crippen LogP contribution < -0.4 is 10.6 Å². The van der Waals surface area contributed by atoms with Crippen LogP contribution in [0.4, 0.5) is 4.79 Å². The molecule has 0 saturated carbocycles. The monoisotopic (exact) mass is 324 g/mol. The maximum Gasteiger partial charge on any atom is 0.325 e. The molecule has 3 saturated heterocycles. The van der Waals surface area contributed by atoms with Crippen molar-refractivity contribution in [3.63, 3.8) is 0 Å². The molecule has 8 nitrogen and oxygen atoms in total. The van der Waals surface area contributed by atoms with E-state index in [0.29, 0.717) is 32.7 Å². The minimum atomic E-state index is -0.400. The number of ether oxygens (including phenoxy) is 1. The summed E-state index contributed by atoms with van der Waals surface area (Å²) in [5, 5.41) is 5.54. The number of piperidine rings is 1. The van der Waals surface area contributed by atoms with Crippen molar-refractivity contribution in [1.29, 1.82) is 0 Å². The van der Waals surface area contributed by atoms with Gasteiger partial charge in [0.15, 0.2) is 0 Å². The average molecular weight is 324 g/mol. The molecule has 3 rings (SSSR count). The molecule has 3 unspecified atom stereocenters. The quantitative estimate of drug-likeness (QED) is 0.669. The van der Waals surface area contributed by atoms with Gasteiger partial charge in [0.25, 0.3) is 0 Å². The molecule has 3 heterocycles. The Kier molecular flexibility index (Phi) is 4.05. The van der Waals surface area contributed by atoms with Crippen molar-refractivity contribution < 1.29 is 19.1 Å². The van der Waals surface area contributed by atoms with E-state index in [4.69, 9.17) is 4.74 Å². The molecular weight excluding hydrogens is 300 g/mol. The number of carbonyl (C=O) groups is 3. The van der Waals surface area contributed by atoms with Crippen molar-refractivity contribution in [3.8, 4) is 0 Å². The Hall–Kier alpha value is -1.67. The highest BCUT2D eigenvalue weighted by atomic mass is 16.5. The highest BCUT2D eigenvalue weighted by Crippen LogP contribution is 2.29. The van der Waals surface area contributed by atoms with E-state index in [2.05, 4.69) is 10.6 Å². The van der Waals surface area contributed by atoms with Crippen molar-refractivity contribution >= 4 is 17.8 Å². The summed E-state index contributed by atoms with van der Waals surface area (Å²) in [6, 6.07) is -0.400. The number of urea groups is 1. The van der Waals surface area contributed by atoms with Crippen LogP contribution in [0.15, 0.2) is 0 Å². The summed E-state index contributed by atoms with van der Waals surface area (Å²) in [6.45, 7) is 6.08. The molecule has 0 aromatic carbocycles. The van der Waals surface area contributed by atoms with Crippen LogP contribution in [0.25, 0.3) is 0 Å². The molecule has 4 amide bonds. The molecule has 0 aromatic rings. The van der Waals surface area contributed by atoms with Gasteiger partial charge >= 0.3 is 6.03 Å². The van der Waals surface area contributed by atoms with Crippen LogP contribution in [-0.4, -0.2) is 72.7 Å². The lowest BCUT2D eigenvalue weighted by atomic mass is 9.84. The van der Waals surface area contributed by atoms with Crippen LogP contribution in [0, 0.1) is 11.8 Å². The molecule has 0 radical (unpaired) electrons. The predicted octanol–water partition coefficient (Wildman–Crippen LogP) is -0.643. The molecule has 2 N–H and O–H groups in total. The van der Waals surface area contributed by atoms with E-state index in [1.807, 2.05) is 18.7 Å². The smallest absolute Gasteiger partial charge is 0.325 e. The number of hydrogen-bond acceptors (Lipinski definition) is 5. The number of nitrogens with zero attached hydrogens (tertiary/aromatic N) is 2. The van der Waals surface area contributed by atoms with Gasteiger partial charge in [-0.2, -0.15) is 0 Å². The number of nitrogens with one attached hydrogen (secondary N) is 2. The van der Waals surface area contributed by atoms with Crippen molar-refractivity contribution in [2.24, 2.45) is 11.8 Å². The zero-order chi connectivity index (χ0) is 16.8. The summed E-state index contributed by atoms with van der Waals surface area (Å²) in [5.74, 6) is -0.911. The summed E-state index contributed by atoms with van der Waals surface area (Å²) in [7, 11) is 1.65. The number of fused-ring (bicyclic) bond motifs is 1. The van der Waals surface area contributed by atoms with E-state index in [1.165, 1.54) is 4.90 Å². The SMILES string of the molecule is CN1C(=O)NC(=O)C2CC(C(=O)N3CCOCC3(C)C)CNC21. The maximum absolute atomic E-state index is 12.9. The molecule has 0 spiro atoms. The van der Waals surface area contributed by atoms with E-state index < -0.39 is 11.9 Å². The van der Waals surface area contributed by atoms with Gasteiger partial charge in [-0.3, -0.25) is 20.2 Å². The first-order valence-corrected chi connectivity index (χ1v) is 8.01. The van der Waals surface area contributed by atoms with Crippen LogP contribution in [0.2, 0.25) is 0 Å². The molecule has 3 atom stereocenters. The number of carbonyl (C=O) groups excluding carboxylic acids is 3. The molecule has 128 valence electrons. The van der Waals surface area contributed by atoms with Gasteiger partial charge in [-0.25, -0.2) is 4.79 Å². The lowest BCUT2D eigenvalue weighted by Gasteiger charge is -2.47. The molecule has 3 aliphatic rings. The second-order valence-corrected chi connectivity index (χ2v) is 7.15. The van der Waals surface area contributed by atoms with Gasteiger partial charge < -0.3 is 14.5 Å². The molecule has 3 fully saturated rings. The van der Waals surface area contributed by atoms with Gasteiger partial charge in [-0.15, -0.1) is 0 Å². The predicted molar refractivity (Wildman–Crippen MR) is 81.3 cm³/mol. The Morgan fingerprint density at radius 1 is 1.35 bits per heavy atom. The fourth-order valence-electron chi connectivity index (χ4n) is 3.67. The highest BCUT2D eigenvalue weighted by molar-refractivity contribution is 5.98. The molecule has 0 bridgehead atoms. The van der Waals surface area contributed by atoms with Gasteiger partial charge in [-0.1, -0.05) is 0 Å². The third-order valence-electron chi connectivity index (χ3n) is 5.06. The minimum absolute atomic E-state index is 0.0524. The summed E-state index contributed by atoms with van der Waals surface area (Å²) in [4.78, 5) is 40.1. The van der Waals surface area contributed by atoms with Crippen molar-refractivity contribution in [3.05, 3.63) is 0 Å². The number of morpholine rings is 1. The largest absolute Gasteiger partial charge is 0.377 e. The highest BCUT2D eigenvalue weighted by Gasteiger charge is 2.47. The summed E-state index contributed by atoms with van der Waals surface area (Å²) in [6.07, 6.45) is 0.117. The van der Waals surface area contributed by atoms with Crippen LogP contribution >= 0.6 is 0 Å². The van der Waals surface area contributed by atoms with E-state index in [-0.39, 0.29) is 29.4 Å². The van der Waals surface area contributed by atoms with Gasteiger partial charge in [0.1, 0.15) is 0 Å². The van der Waals surface area contributed by atoms with Crippen molar-refractivity contribution in [1.82, 2.24) is 20.4 Å². The third kappa shape index (κ3) is 2.81. The summed E-state index contributed by atoms with van der Waals surface area (Å²) < 4.78 is 5.46. The first kappa shape index (κ1) is 16.2. The van der Waals surface area contributed by atoms with Crippen LogP contribution in [0.1, 0.15) is 20.3 Å². The fourth-order valence-corrected chi connectivity index (χ4v) is 3.67. The molecule has 3 aliphatic heterocycles. The van der Waals surface area contributed by atoms with Crippen LogP contribution in [0.3, 0.4) is 0 Å². The Balaban J connectivity index is 1.72. The van der Waals surface area contributed by atoms with Gasteiger partial charge in [0, 0.05) is 20.1 Å². The Labute approximate surface area is 135 Å². The molecular formula is C15H24N4O4. The molecule has 0 aliphatic carbocycles. The van der Waals surface area contributed by atoms with E-state index in [9.17, 15) is 14.4 Å². The van der Waals surface area contributed by atoms with E-state index in [1.54, 1.807) is 7.05 Å². The zero-order valence-corrected chi connectivity index (χ0v) is 13.8. The molecule has 0 aromatic heterocycles. The normalized spacial score (nSPS) is 34.0. The van der Waals surface area contributed by atoms with Gasteiger partial charge in [0.05, 0.1) is 36.8 Å². The van der Waals surface area contributed by atoms with E-state index in [0.717, 1.165) is 0 Å². The van der Waals surface area contributed by atoms with Gasteiger partial charge in [-0.05, 0) is 20.3 Å². The number of rotatable bonds is 1. The van der Waals surface area contributed by atoms with Crippen LogP contribution in [0.5, 0.6) is 0 Å². The zero-order valence-electron chi connectivity index (χ0n) is 13.8. The van der Waals surface area contributed by atoms with Crippen molar-refractivity contribution in [2.75, 3.05) is 33.4 Å².